The molecule has 1 aliphatic carbocycles. The van der Waals surface area contributed by atoms with Crippen LogP contribution in [0.1, 0.15) is 41.6 Å². The summed E-state index contributed by atoms with van der Waals surface area (Å²) < 4.78 is 11.3. The Labute approximate surface area is 197 Å². The number of carbonyl (C=O) groups is 2. The van der Waals surface area contributed by atoms with E-state index in [2.05, 4.69) is 0 Å². The van der Waals surface area contributed by atoms with Crippen molar-refractivity contribution in [2.45, 2.75) is 38.0 Å². The van der Waals surface area contributed by atoms with Crippen LogP contribution >= 0.6 is 0 Å². The summed E-state index contributed by atoms with van der Waals surface area (Å²) in [5, 5.41) is 19.6. The molecule has 7 nitrogen and oxygen atoms in total. The average molecular weight is 462 g/mol. The molecule has 4 rings (SSSR count). The molecule has 3 aromatic rings. The minimum Gasteiger partial charge on any atom is -0.489 e. The van der Waals surface area contributed by atoms with E-state index in [0.717, 1.165) is 16.9 Å². The number of aliphatic hydroxyl groups is 1. The van der Waals surface area contributed by atoms with Gasteiger partial charge in [-0.15, -0.1) is 0 Å². The lowest BCUT2D eigenvalue weighted by molar-refractivity contribution is -0.136. The first-order chi connectivity index (χ1) is 16.5. The molecule has 1 amide bonds. The van der Waals surface area contributed by atoms with E-state index < -0.39 is 11.7 Å². The van der Waals surface area contributed by atoms with Gasteiger partial charge in [-0.25, -0.2) is 0 Å². The van der Waals surface area contributed by atoms with Crippen molar-refractivity contribution in [3.05, 3.63) is 90.2 Å². The molecule has 0 spiro atoms. The van der Waals surface area contributed by atoms with E-state index in [-0.39, 0.29) is 25.5 Å². The zero-order valence-corrected chi connectivity index (χ0v) is 18.7. The Bertz CT molecular complexity index is 1150. The number of para-hydroxylation sites is 1. The fourth-order valence-corrected chi connectivity index (χ4v) is 3.64. The zero-order chi connectivity index (χ0) is 24.0. The van der Waals surface area contributed by atoms with E-state index in [1.165, 1.54) is 4.90 Å². The van der Waals surface area contributed by atoms with Crippen LogP contribution in [0, 0.1) is 0 Å². The highest BCUT2D eigenvalue weighted by Gasteiger charge is 2.49. The highest BCUT2D eigenvalue weighted by molar-refractivity contribution is 5.95. The van der Waals surface area contributed by atoms with Crippen molar-refractivity contribution in [3.8, 4) is 17.1 Å². The molecule has 1 fully saturated rings. The smallest absolute Gasteiger partial charge is 0.303 e. The van der Waals surface area contributed by atoms with Gasteiger partial charge in [-0.2, -0.15) is 0 Å². The second-order valence-corrected chi connectivity index (χ2v) is 8.25. The van der Waals surface area contributed by atoms with E-state index in [1.807, 2.05) is 48.5 Å². The number of ether oxygens (including phenoxy) is 1. The Balaban J connectivity index is 1.46. The molecule has 0 radical (unpaired) electrons. The van der Waals surface area contributed by atoms with Gasteiger partial charge < -0.3 is 24.3 Å². The number of carboxylic acids is 1. The summed E-state index contributed by atoms with van der Waals surface area (Å²) in [6.07, 6.45) is 6.71. The summed E-state index contributed by atoms with van der Waals surface area (Å²) in [5.41, 5.74) is 0.965. The molecular weight excluding hydrogens is 434 g/mol. The molecule has 7 heteroatoms. The second-order valence-electron chi connectivity index (χ2n) is 8.25. The number of carbonyl (C=O) groups excluding carboxylic acids is 1. The molecule has 2 aromatic carbocycles. The summed E-state index contributed by atoms with van der Waals surface area (Å²) >= 11 is 0. The first-order valence-corrected chi connectivity index (χ1v) is 11.2. The van der Waals surface area contributed by atoms with Crippen molar-refractivity contribution in [1.29, 1.82) is 0 Å². The summed E-state index contributed by atoms with van der Waals surface area (Å²) in [6, 6.07) is 18.2. The third-order valence-electron chi connectivity index (χ3n) is 5.71. The fourth-order valence-electron chi connectivity index (χ4n) is 3.64. The zero-order valence-electron chi connectivity index (χ0n) is 18.7. The van der Waals surface area contributed by atoms with E-state index in [0.29, 0.717) is 30.6 Å². The third-order valence-corrected chi connectivity index (χ3v) is 5.71. The van der Waals surface area contributed by atoms with Crippen LogP contribution in [0.3, 0.4) is 0 Å². The van der Waals surface area contributed by atoms with Crippen molar-refractivity contribution in [2.24, 2.45) is 0 Å². The van der Waals surface area contributed by atoms with Crippen LogP contribution in [0.15, 0.2) is 83.5 Å². The van der Waals surface area contributed by atoms with E-state index in [4.69, 9.17) is 14.3 Å². The van der Waals surface area contributed by atoms with Gasteiger partial charge in [0, 0.05) is 23.1 Å². The van der Waals surface area contributed by atoms with Gasteiger partial charge in [-0.05, 0) is 49.6 Å². The number of benzene rings is 2. The number of aliphatic carboxylic acids is 1. The largest absolute Gasteiger partial charge is 0.489 e. The summed E-state index contributed by atoms with van der Waals surface area (Å²) in [7, 11) is 0. The second kappa shape index (κ2) is 10.4. The maximum Gasteiger partial charge on any atom is 0.303 e. The maximum absolute atomic E-state index is 13.4. The van der Waals surface area contributed by atoms with Crippen LogP contribution in [-0.4, -0.2) is 39.3 Å². The summed E-state index contributed by atoms with van der Waals surface area (Å²) in [4.78, 5) is 25.5. The van der Waals surface area contributed by atoms with Crippen molar-refractivity contribution >= 4 is 11.9 Å². The Hall–Kier alpha value is -3.84. The molecule has 1 saturated carbocycles. The fraction of sp³-hybridized carbons (Fsp3) is 0.259. The van der Waals surface area contributed by atoms with Gasteiger partial charge in [0.05, 0.1) is 12.8 Å². The van der Waals surface area contributed by atoms with Crippen molar-refractivity contribution in [3.63, 3.8) is 0 Å². The molecule has 1 heterocycles. The van der Waals surface area contributed by atoms with Crippen molar-refractivity contribution in [2.75, 3.05) is 6.61 Å². The van der Waals surface area contributed by atoms with Gasteiger partial charge in [0.15, 0.2) is 0 Å². The average Bonchev–Trinajstić information content (AvgIpc) is 3.35. The maximum atomic E-state index is 13.4. The highest BCUT2D eigenvalue weighted by Crippen LogP contribution is 2.41. The predicted octanol–water partition coefficient (Wildman–Crippen LogP) is 4.87. The van der Waals surface area contributed by atoms with Crippen molar-refractivity contribution in [1.82, 2.24) is 4.90 Å². The normalized spacial score (nSPS) is 14.1. The molecule has 0 bridgehead atoms. The van der Waals surface area contributed by atoms with E-state index in [1.54, 1.807) is 30.5 Å². The van der Waals surface area contributed by atoms with Crippen LogP contribution in [0.2, 0.25) is 0 Å². The molecule has 0 unspecified atom stereocenters. The van der Waals surface area contributed by atoms with Gasteiger partial charge in [0.25, 0.3) is 5.91 Å². The minimum atomic E-state index is -1.17. The Morgan fingerprint density at radius 1 is 1.03 bits per heavy atom. The topological polar surface area (TPSA) is 100 Å². The van der Waals surface area contributed by atoms with Crippen molar-refractivity contribution < 1.29 is 29.0 Å². The van der Waals surface area contributed by atoms with Gasteiger partial charge in [-0.1, -0.05) is 42.5 Å². The number of furan rings is 1. The van der Waals surface area contributed by atoms with E-state index >= 15 is 0 Å². The minimum absolute atomic E-state index is 0.0746. The van der Waals surface area contributed by atoms with Crippen LogP contribution in [-0.2, 0) is 11.3 Å². The lowest BCUT2D eigenvalue weighted by Gasteiger charge is -2.29. The summed E-state index contributed by atoms with van der Waals surface area (Å²) in [6.45, 7) is 0.483. The lowest BCUT2D eigenvalue weighted by atomic mass is 10.1. The van der Waals surface area contributed by atoms with Crippen LogP contribution < -0.4 is 4.74 Å². The number of amides is 1. The molecule has 34 heavy (non-hydrogen) atoms. The van der Waals surface area contributed by atoms with Gasteiger partial charge in [0.1, 0.15) is 23.8 Å². The molecular formula is C27H27NO6. The Kier molecular flexibility index (Phi) is 7.13. The standard InChI is InChI=1S/C27H27NO6/c29-25(30)10-2-1-5-17-33-24-8-4-3-7-22(24)19-28(27(32)15-16-27)26(31)21-13-11-20(12-14-21)23-9-6-18-34-23/h1,3-9,11-14,18,32H,2,10,15-17,19H2,(H,29,30)/b5-1+. The first-order valence-electron chi connectivity index (χ1n) is 11.2. The lowest BCUT2D eigenvalue weighted by Crippen LogP contribution is -2.41. The first kappa shape index (κ1) is 23.3. The molecule has 0 atom stereocenters. The molecule has 0 aliphatic heterocycles. The highest BCUT2D eigenvalue weighted by atomic mass is 16.5. The third kappa shape index (κ3) is 5.74. The van der Waals surface area contributed by atoms with Crippen LogP contribution in [0.4, 0.5) is 0 Å². The monoisotopic (exact) mass is 461 g/mol. The number of hydrogen-bond donors (Lipinski definition) is 2. The Morgan fingerprint density at radius 2 is 1.79 bits per heavy atom. The Morgan fingerprint density at radius 3 is 2.47 bits per heavy atom. The number of carboxylic acid groups (broad SMARTS) is 1. The van der Waals surface area contributed by atoms with Gasteiger partial charge >= 0.3 is 5.97 Å². The molecule has 0 saturated heterocycles. The molecule has 1 aromatic heterocycles. The molecule has 176 valence electrons. The van der Waals surface area contributed by atoms with Crippen LogP contribution in [0.25, 0.3) is 11.3 Å². The molecule has 1 aliphatic rings. The molecule has 2 N–H and O–H groups in total. The predicted molar refractivity (Wildman–Crippen MR) is 126 cm³/mol. The quantitative estimate of drug-likeness (QED) is 0.312. The van der Waals surface area contributed by atoms with E-state index in [9.17, 15) is 14.7 Å². The SMILES string of the molecule is O=C(O)CC/C=C/COc1ccccc1CN(C(=O)c1ccc(-c2ccco2)cc1)C1(O)CC1. The number of rotatable bonds is 11. The summed E-state index contributed by atoms with van der Waals surface area (Å²) in [5.74, 6) is 0.240. The van der Waals surface area contributed by atoms with Gasteiger partial charge in [0.2, 0.25) is 0 Å². The number of nitrogens with zero attached hydrogens (tertiary/aromatic N) is 1. The number of allylic oxidation sites excluding steroid dienone is 1. The number of hydrogen-bond acceptors (Lipinski definition) is 5. The van der Waals surface area contributed by atoms with Gasteiger partial charge in [-0.3, -0.25) is 9.59 Å². The van der Waals surface area contributed by atoms with Crippen LogP contribution in [0.5, 0.6) is 5.75 Å².